The van der Waals surface area contributed by atoms with Crippen molar-refractivity contribution in [2.75, 3.05) is 0 Å². The molecular formula is C27H25N5O3. The van der Waals surface area contributed by atoms with Crippen molar-refractivity contribution in [3.05, 3.63) is 89.9 Å². The maximum atomic E-state index is 13.5. The van der Waals surface area contributed by atoms with Crippen LogP contribution in [0.15, 0.2) is 72.9 Å². The van der Waals surface area contributed by atoms with Gasteiger partial charge in [-0.15, -0.1) is 0 Å². The molecule has 1 saturated carbocycles. The molecule has 8 heteroatoms. The summed E-state index contributed by atoms with van der Waals surface area (Å²) in [6.45, 7) is 1.80. The van der Waals surface area contributed by atoms with E-state index in [0.717, 1.165) is 29.3 Å². The van der Waals surface area contributed by atoms with Gasteiger partial charge in [-0.2, -0.15) is 5.10 Å². The molecule has 1 aliphatic rings. The van der Waals surface area contributed by atoms with E-state index in [2.05, 4.69) is 20.7 Å². The van der Waals surface area contributed by atoms with Crippen molar-refractivity contribution in [3.8, 4) is 5.69 Å². The van der Waals surface area contributed by atoms with E-state index >= 15 is 0 Å². The Hall–Kier alpha value is -4.33. The Bertz CT molecular complexity index is 1400. The molecule has 35 heavy (non-hydrogen) atoms. The van der Waals surface area contributed by atoms with Crippen molar-refractivity contribution in [1.82, 2.24) is 25.4 Å². The number of hydrogen-bond acceptors (Lipinski definition) is 5. The standard InChI is InChI=1S/C27H25N5O3/c1-17-15-24(32(31-17)23-11-5-10-21-20(23)9-6-14-28-21)26(34)30-22(16-18-7-3-2-4-8-18)25(33)27(35)29-19-12-13-19/h2-11,14-15,19,22H,12-13,16H2,1H3,(H,29,35)(H,30,34). The Kier molecular flexibility index (Phi) is 6.10. The molecule has 176 valence electrons. The molecule has 2 aromatic carbocycles. The van der Waals surface area contributed by atoms with Crippen molar-refractivity contribution in [2.24, 2.45) is 0 Å². The highest BCUT2D eigenvalue weighted by molar-refractivity contribution is 6.38. The molecule has 2 amide bonds. The number of carbonyl (C=O) groups excluding carboxylic acids is 3. The van der Waals surface area contributed by atoms with Gasteiger partial charge >= 0.3 is 0 Å². The van der Waals surface area contributed by atoms with Crippen LogP contribution in [0.2, 0.25) is 0 Å². The van der Waals surface area contributed by atoms with Gasteiger partial charge in [0.05, 0.1) is 16.9 Å². The molecule has 2 N–H and O–H groups in total. The number of nitrogens with one attached hydrogen (secondary N) is 2. The number of aryl methyl sites for hydroxylation is 1. The van der Waals surface area contributed by atoms with Gasteiger partial charge in [0.25, 0.3) is 11.8 Å². The zero-order valence-electron chi connectivity index (χ0n) is 19.3. The Balaban J connectivity index is 1.46. The Morgan fingerprint density at radius 3 is 2.60 bits per heavy atom. The van der Waals surface area contributed by atoms with Crippen LogP contribution in [0.1, 0.15) is 34.6 Å². The van der Waals surface area contributed by atoms with Gasteiger partial charge in [-0.3, -0.25) is 19.4 Å². The number of pyridine rings is 1. The van der Waals surface area contributed by atoms with Crippen LogP contribution in [0.3, 0.4) is 0 Å². The van der Waals surface area contributed by atoms with Gasteiger partial charge < -0.3 is 10.6 Å². The molecule has 2 heterocycles. The van der Waals surface area contributed by atoms with Gasteiger partial charge in [0.15, 0.2) is 0 Å². The number of rotatable bonds is 8. The lowest BCUT2D eigenvalue weighted by atomic mass is 10.0. The Morgan fingerprint density at radius 1 is 1.03 bits per heavy atom. The molecule has 0 radical (unpaired) electrons. The maximum absolute atomic E-state index is 13.5. The van der Waals surface area contributed by atoms with E-state index in [0.29, 0.717) is 11.4 Å². The van der Waals surface area contributed by atoms with E-state index in [1.807, 2.05) is 60.7 Å². The van der Waals surface area contributed by atoms with E-state index in [1.54, 1.807) is 23.9 Å². The first-order valence-corrected chi connectivity index (χ1v) is 11.6. The van der Waals surface area contributed by atoms with Gasteiger partial charge in [-0.25, -0.2) is 4.68 Å². The average molecular weight is 468 g/mol. The molecular weight excluding hydrogens is 442 g/mol. The number of hydrogen-bond donors (Lipinski definition) is 2. The molecule has 0 saturated heterocycles. The molecule has 1 atom stereocenters. The summed E-state index contributed by atoms with van der Waals surface area (Å²) < 4.78 is 1.56. The fourth-order valence-corrected chi connectivity index (χ4v) is 4.05. The SMILES string of the molecule is Cc1cc(C(=O)NC(Cc2ccccc2)C(=O)C(=O)NC2CC2)n(-c2cccc3ncccc23)n1. The zero-order valence-corrected chi connectivity index (χ0v) is 19.3. The number of benzene rings is 2. The molecule has 0 aliphatic heterocycles. The molecule has 0 spiro atoms. The smallest absolute Gasteiger partial charge is 0.289 e. The minimum Gasteiger partial charge on any atom is -0.347 e. The van der Waals surface area contributed by atoms with Gasteiger partial charge in [-0.05, 0) is 55.7 Å². The van der Waals surface area contributed by atoms with Crippen molar-refractivity contribution in [1.29, 1.82) is 0 Å². The number of carbonyl (C=O) groups is 3. The third kappa shape index (κ3) is 4.96. The van der Waals surface area contributed by atoms with Crippen LogP contribution in [-0.4, -0.2) is 44.4 Å². The lowest BCUT2D eigenvalue weighted by molar-refractivity contribution is -0.139. The predicted molar refractivity (Wildman–Crippen MR) is 131 cm³/mol. The summed E-state index contributed by atoms with van der Waals surface area (Å²) in [6.07, 6.45) is 3.65. The van der Waals surface area contributed by atoms with Crippen LogP contribution >= 0.6 is 0 Å². The number of amides is 2. The van der Waals surface area contributed by atoms with E-state index in [1.165, 1.54) is 0 Å². The largest absolute Gasteiger partial charge is 0.347 e. The highest BCUT2D eigenvalue weighted by Gasteiger charge is 2.32. The quantitative estimate of drug-likeness (QED) is 0.388. The maximum Gasteiger partial charge on any atom is 0.289 e. The summed E-state index contributed by atoms with van der Waals surface area (Å²) in [6, 6.07) is 19.4. The zero-order chi connectivity index (χ0) is 24.4. The molecule has 0 bridgehead atoms. The molecule has 1 fully saturated rings. The molecule has 1 aliphatic carbocycles. The highest BCUT2D eigenvalue weighted by atomic mass is 16.2. The fraction of sp³-hybridized carbons (Fsp3) is 0.222. The monoisotopic (exact) mass is 467 g/mol. The number of fused-ring (bicyclic) bond motifs is 1. The fourth-order valence-electron chi connectivity index (χ4n) is 4.05. The van der Waals surface area contributed by atoms with Crippen molar-refractivity contribution >= 4 is 28.5 Å². The minimum absolute atomic E-state index is 0.0450. The van der Waals surface area contributed by atoms with Crippen LogP contribution in [0.4, 0.5) is 0 Å². The summed E-state index contributed by atoms with van der Waals surface area (Å²) in [4.78, 5) is 43.5. The van der Waals surface area contributed by atoms with Crippen molar-refractivity contribution in [2.45, 2.75) is 38.3 Å². The number of Topliss-reactive ketones (excluding diaryl/α,β-unsaturated/α-hetero) is 1. The molecule has 4 aromatic rings. The second kappa shape index (κ2) is 9.50. The number of nitrogens with zero attached hydrogens (tertiary/aromatic N) is 3. The van der Waals surface area contributed by atoms with Gasteiger partial charge in [0, 0.05) is 24.0 Å². The van der Waals surface area contributed by atoms with Crippen molar-refractivity contribution < 1.29 is 14.4 Å². The van der Waals surface area contributed by atoms with Crippen molar-refractivity contribution in [3.63, 3.8) is 0 Å². The first-order chi connectivity index (χ1) is 17.0. The predicted octanol–water partition coefficient (Wildman–Crippen LogP) is 2.92. The van der Waals surface area contributed by atoms with Crippen LogP contribution in [-0.2, 0) is 16.0 Å². The van der Waals surface area contributed by atoms with E-state index in [-0.39, 0.29) is 18.2 Å². The first-order valence-electron chi connectivity index (χ1n) is 11.6. The van der Waals surface area contributed by atoms with Crippen LogP contribution in [0.5, 0.6) is 0 Å². The van der Waals surface area contributed by atoms with E-state index in [4.69, 9.17) is 0 Å². The Morgan fingerprint density at radius 2 is 1.83 bits per heavy atom. The summed E-state index contributed by atoms with van der Waals surface area (Å²) in [5.41, 5.74) is 3.24. The lowest BCUT2D eigenvalue weighted by Crippen LogP contribution is -2.49. The topological polar surface area (TPSA) is 106 Å². The second-order valence-corrected chi connectivity index (χ2v) is 8.76. The summed E-state index contributed by atoms with van der Waals surface area (Å²) in [5, 5.41) is 10.9. The summed E-state index contributed by atoms with van der Waals surface area (Å²) in [7, 11) is 0. The normalized spacial score (nSPS) is 13.9. The minimum atomic E-state index is -1.01. The van der Waals surface area contributed by atoms with Crippen LogP contribution in [0.25, 0.3) is 16.6 Å². The summed E-state index contributed by atoms with van der Waals surface area (Å²) >= 11 is 0. The van der Waals surface area contributed by atoms with Crippen LogP contribution in [0, 0.1) is 6.92 Å². The van der Waals surface area contributed by atoms with Gasteiger partial charge in [0.1, 0.15) is 11.7 Å². The first kappa shape index (κ1) is 22.5. The molecule has 8 nitrogen and oxygen atoms in total. The van der Waals surface area contributed by atoms with E-state index in [9.17, 15) is 14.4 Å². The highest BCUT2D eigenvalue weighted by Crippen LogP contribution is 2.22. The Labute approximate surface area is 202 Å². The molecule has 1 unspecified atom stereocenters. The summed E-state index contributed by atoms with van der Waals surface area (Å²) in [5.74, 6) is -1.82. The van der Waals surface area contributed by atoms with E-state index < -0.39 is 23.6 Å². The number of ketones is 1. The molecule has 2 aromatic heterocycles. The molecule has 5 rings (SSSR count). The average Bonchev–Trinajstić information content (AvgIpc) is 3.61. The van der Waals surface area contributed by atoms with Gasteiger partial charge in [0.2, 0.25) is 5.78 Å². The number of aromatic nitrogens is 3. The van der Waals surface area contributed by atoms with Gasteiger partial charge in [-0.1, -0.05) is 36.4 Å². The second-order valence-electron chi connectivity index (χ2n) is 8.76. The van der Waals surface area contributed by atoms with Crippen LogP contribution < -0.4 is 10.6 Å². The third-order valence-corrected chi connectivity index (χ3v) is 5.96. The third-order valence-electron chi connectivity index (χ3n) is 5.96. The lowest BCUT2D eigenvalue weighted by Gasteiger charge is -2.18.